The highest BCUT2D eigenvalue weighted by atomic mass is 31.1. The molecule has 0 radical (unpaired) electrons. The van der Waals surface area contributed by atoms with Gasteiger partial charge < -0.3 is 0 Å². The summed E-state index contributed by atoms with van der Waals surface area (Å²) in [5, 5.41) is 2.59. The van der Waals surface area contributed by atoms with E-state index in [4.69, 9.17) is 4.98 Å². The average molecular weight is 430 g/mol. The second-order valence-electron chi connectivity index (χ2n) is 7.37. The molecule has 3 heteroatoms. The molecule has 5 rings (SSSR count). The monoisotopic (exact) mass is 430 g/mol. The van der Waals surface area contributed by atoms with Gasteiger partial charge in [-0.1, -0.05) is 103 Å². The lowest BCUT2D eigenvalue weighted by molar-refractivity contribution is 1.20. The molecule has 1 heterocycles. The smallest absolute Gasteiger partial charge is 0.138 e. The topological polar surface area (TPSA) is 16.1 Å². The molecule has 0 saturated heterocycles. The summed E-state index contributed by atoms with van der Waals surface area (Å²) in [6.45, 7) is 0. The second-order valence-corrected chi connectivity index (χ2v) is 9.53. The summed E-state index contributed by atoms with van der Waals surface area (Å²) in [6, 6.07) is 48.6. The average Bonchev–Trinajstić information content (AvgIpc) is 2.87. The van der Waals surface area contributed by atoms with Crippen molar-refractivity contribution in [3.8, 4) is 0 Å². The molecule has 0 aliphatic rings. The van der Waals surface area contributed by atoms with Crippen molar-refractivity contribution in [2.45, 2.75) is 0 Å². The van der Waals surface area contributed by atoms with E-state index in [0.717, 1.165) is 22.6 Å². The highest BCUT2D eigenvalue weighted by Gasteiger charge is 2.20. The minimum absolute atomic E-state index is 0.763. The van der Waals surface area contributed by atoms with Gasteiger partial charge >= 0.3 is 0 Å². The van der Waals surface area contributed by atoms with Crippen LogP contribution < -0.4 is 20.9 Å². The highest BCUT2D eigenvalue weighted by Crippen LogP contribution is 2.36. The molecule has 0 fully saturated rings. The van der Waals surface area contributed by atoms with Crippen LogP contribution in [0.15, 0.2) is 140 Å². The lowest BCUT2D eigenvalue weighted by Crippen LogP contribution is -2.24. The number of aromatic nitrogens is 1. The van der Waals surface area contributed by atoms with Gasteiger partial charge in [0.15, 0.2) is 0 Å². The Kier molecular flexibility index (Phi) is 6.05. The van der Waals surface area contributed by atoms with Crippen LogP contribution in [-0.4, -0.2) is 4.98 Å². The van der Waals surface area contributed by atoms with Gasteiger partial charge in [0.1, 0.15) is 5.82 Å². The van der Waals surface area contributed by atoms with Crippen LogP contribution in [0, 0.1) is 0 Å². The molecule has 0 aliphatic carbocycles. The van der Waals surface area contributed by atoms with E-state index in [1.807, 2.05) is 12.1 Å². The molecular formula is C29H23N2P. The molecule has 0 unspecified atom stereocenters. The first-order valence-corrected chi connectivity index (χ1v) is 12.0. The number of hydrogen-bond acceptors (Lipinski definition) is 2. The van der Waals surface area contributed by atoms with Gasteiger partial charge in [-0.3, -0.25) is 4.90 Å². The van der Waals surface area contributed by atoms with Crippen molar-refractivity contribution in [3.63, 3.8) is 0 Å². The summed E-state index contributed by atoms with van der Waals surface area (Å²) < 4.78 is 0. The van der Waals surface area contributed by atoms with Crippen molar-refractivity contribution in [2.24, 2.45) is 0 Å². The third-order valence-corrected chi connectivity index (χ3v) is 7.57. The second kappa shape index (κ2) is 9.60. The Hall–Kier alpha value is -3.74. The van der Waals surface area contributed by atoms with Crippen molar-refractivity contribution in [3.05, 3.63) is 140 Å². The Morgan fingerprint density at radius 3 is 1.34 bits per heavy atom. The van der Waals surface area contributed by atoms with Gasteiger partial charge in [-0.25, -0.2) is 4.98 Å². The van der Waals surface area contributed by atoms with Crippen molar-refractivity contribution < 1.29 is 0 Å². The van der Waals surface area contributed by atoms with Crippen LogP contribution in [0.4, 0.5) is 17.2 Å². The Labute approximate surface area is 190 Å². The number of rotatable bonds is 6. The van der Waals surface area contributed by atoms with Crippen LogP contribution in [0.2, 0.25) is 0 Å². The summed E-state index contributed by atoms with van der Waals surface area (Å²) in [6.07, 6.45) is 0. The lowest BCUT2D eigenvalue weighted by Gasteiger charge is -2.26. The Balaban J connectivity index is 1.65. The van der Waals surface area contributed by atoms with Crippen molar-refractivity contribution in [1.29, 1.82) is 0 Å². The van der Waals surface area contributed by atoms with Crippen molar-refractivity contribution >= 4 is 41.2 Å². The molecule has 32 heavy (non-hydrogen) atoms. The maximum atomic E-state index is 5.23. The Bertz CT molecular complexity index is 1080. The molecule has 0 saturated carbocycles. The van der Waals surface area contributed by atoms with Gasteiger partial charge in [0.05, 0.1) is 5.44 Å². The minimum Gasteiger partial charge on any atom is -0.295 e. The van der Waals surface area contributed by atoms with Crippen LogP contribution in [0.3, 0.4) is 0 Å². The van der Waals surface area contributed by atoms with Gasteiger partial charge in [-0.05, 0) is 47.0 Å². The van der Waals surface area contributed by atoms with Gasteiger partial charge in [0.2, 0.25) is 0 Å². The molecule has 5 aromatic rings. The normalized spacial score (nSPS) is 10.8. The van der Waals surface area contributed by atoms with Gasteiger partial charge in [-0.15, -0.1) is 0 Å². The van der Waals surface area contributed by atoms with Crippen molar-refractivity contribution in [2.75, 3.05) is 4.90 Å². The molecule has 0 atom stereocenters. The molecular weight excluding hydrogens is 407 g/mol. The van der Waals surface area contributed by atoms with Crippen LogP contribution in [0.1, 0.15) is 0 Å². The predicted octanol–water partition coefficient (Wildman–Crippen LogP) is 6.31. The summed E-state index contributed by atoms with van der Waals surface area (Å²) in [4.78, 5) is 7.45. The summed E-state index contributed by atoms with van der Waals surface area (Å²) in [5.41, 5.74) is 3.27. The molecule has 0 amide bonds. The van der Waals surface area contributed by atoms with E-state index in [-0.39, 0.29) is 0 Å². The fourth-order valence-electron chi connectivity index (χ4n) is 3.80. The molecule has 1 aromatic heterocycles. The lowest BCUT2D eigenvalue weighted by atomic mass is 10.2. The van der Waals surface area contributed by atoms with Gasteiger partial charge in [0.25, 0.3) is 0 Å². The maximum absolute atomic E-state index is 5.23. The fraction of sp³-hybridized carbons (Fsp3) is 0. The van der Waals surface area contributed by atoms with E-state index in [9.17, 15) is 0 Å². The minimum atomic E-state index is -0.763. The van der Waals surface area contributed by atoms with E-state index < -0.39 is 7.92 Å². The third-order valence-electron chi connectivity index (χ3n) is 5.24. The number of benzene rings is 4. The van der Waals surface area contributed by atoms with Crippen LogP contribution in [0.25, 0.3) is 0 Å². The highest BCUT2D eigenvalue weighted by molar-refractivity contribution is 7.79. The quantitative estimate of drug-likeness (QED) is 0.294. The first-order chi connectivity index (χ1) is 15.9. The fourth-order valence-corrected chi connectivity index (χ4v) is 6.00. The molecule has 0 aliphatic heterocycles. The summed E-state index contributed by atoms with van der Waals surface area (Å²) in [7, 11) is -0.763. The molecule has 0 spiro atoms. The van der Waals surface area contributed by atoms with Crippen LogP contribution in [-0.2, 0) is 0 Å². The SMILES string of the molecule is c1ccc(N(c2ccccc2)c2cccc(P(c3ccccc3)c3ccccc3)n2)cc1. The Morgan fingerprint density at radius 1 is 0.438 bits per heavy atom. The molecule has 154 valence electrons. The van der Waals surface area contributed by atoms with Gasteiger partial charge in [-0.2, -0.15) is 0 Å². The molecule has 2 nitrogen and oxygen atoms in total. The first kappa shape index (κ1) is 20.2. The van der Waals surface area contributed by atoms with Crippen LogP contribution in [0.5, 0.6) is 0 Å². The van der Waals surface area contributed by atoms with E-state index in [1.54, 1.807) is 0 Å². The zero-order chi connectivity index (χ0) is 21.6. The standard InChI is InChI=1S/C29H23N2P/c1-5-14-24(15-6-1)31(25-16-7-2-8-17-25)28-22-13-23-29(30-28)32(26-18-9-3-10-19-26)27-20-11-4-12-21-27/h1-23H. The molecule has 0 N–H and O–H groups in total. The van der Waals surface area contributed by atoms with Gasteiger partial charge in [0, 0.05) is 19.3 Å². The third kappa shape index (κ3) is 4.32. The van der Waals surface area contributed by atoms with Crippen molar-refractivity contribution in [1.82, 2.24) is 4.98 Å². The zero-order valence-corrected chi connectivity index (χ0v) is 18.5. The first-order valence-electron chi connectivity index (χ1n) is 10.7. The zero-order valence-electron chi connectivity index (χ0n) is 17.6. The van der Waals surface area contributed by atoms with E-state index in [1.165, 1.54) is 10.6 Å². The summed E-state index contributed by atoms with van der Waals surface area (Å²) in [5.74, 6) is 0.916. The van der Waals surface area contributed by atoms with E-state index in [0.29, 0.717) is 0 Å². The number of nitrogens with zero attached hydrogens (tertiary/aromatic N) is 2. The number of para-hydroxylation sites is 2. The largest absolute Gasteiger partial charge is 0.295 e. The molecule has 0 bridgehead atoms. The number of hydrogen-bond donors (Lipinski definition) is 0. The number of pyridine rings is 1. The summed E-state index contributed by atoms with van der Waals surface area (Å²) >= 11 is 0. The van der Waals surface area contributed by atoms with E-state index >= 15 is 0 Å². The maximum Gasteiger partial charge on any atom is 0.138 e. The predicted molar refractivity (Wildman–Crippen MR) is 138 cm³/mol. The molecule has 4 aromatic carbocycles. The Morgan fingerprint density at radius 2 is 0.875 bits per heavy atom. The van der Waals surface area contributed by atoms with Crippen LogP contribution >= 0.6 is 7.92 Å². The van der Waals surface area contributed by atoms with E-state index in [2.05, 4.69) is 132 Å². The number of anilines is 3.